The first kappa shape index (κ1) is 17.3. The van der Waals surface area contributed by atoms with Crippen molar-refractivity contribution in [3.8, 4) is 11.5 Å². The van der Waals surface area contributed by atoms with Crippen LogP contribution < -0.4 is 0 Å². The molecule has 0 heterocycles. The fraction of sp³-hybridized carbons (Fsp3) is 0.0909. The second-order valence-electron chi connectivity index (χ2n) is 5.75. The second kappa shape index (κ2) is 7.58. The van der Waals surface area contributed by atoms with Gasteiger partial charge in [0.15, 0.2) is 0 Å². The Bertz CT molecular complexity index is 881. The second-order valence-corrected chi connectivity index (χ2v) is 6.67. The van der Waals surface area contributed by atoms with Crippen molar-refractivity contribution in [2.24, 2.45) is 0 Å². The Balaban J connectivity index is 2.37. The normalized spacial score (nSPS) is 10.5. The van der Waals surface area contributed by atoms with Gasteiger partial charge in [-0.25, -0.2) is 0 Å². The molecule has 0 aliphatic heterocycles. The molecule has 0 bridgehead atoms. The van der Waals surface area contributed by atoms with Crippen molar-refractivity contribution >= 4 is 27.1 Å². The van der Waals surface area contributed by atoms with Crippen LogP contribution in [-0.4, -0.2) is 10.2 Å². The summed E-state index contributed by atoms with van der Waals surface area (Å²) in [6.45, 7) is 2.08. The Kier molecular flexibility index (Phi) is 5.25. The number of allylic oxidation sites excluding steroid dienone is 1. The fourth-order valence-corrected chi connectivity index (χ4v) is 3.44. The van der Waals surface area contributed by atoms with Crippen LogP contribution in [0.25, 0.3) is 11.1 Å². The molecular weight excluding hydrogens is 376 g/mol. The lowest BCUT2D eigenvalue weighted by atomic mass is 9.87. The van der Waals surface area contributed by atoms with Crippen LogP contribution in [0, 0.1) is 0 Å². The minimum absolute atomic E-state index is 0.196. The summed E-state index contributed by atoms with van der Waals surface area (Å²) in [7, 11) is 0. The van der Waals surface area contributed by atoms with Crippen molar-refractivity contribution in [3.63, 3.8) is 0 Å². The lowest BCUT2D eigenvalue weighted by molar-refractivity contribution is 0.471. The Morgan fingerprint density at radius 2 is 1.36 bits per heavy atom. The van der Waals surface area contributed by atoms with E-state index in [2.05, 4.69) is 28.9 Å². The molecule has 3 heteroatoms. The number of hydrogen-bond donors (Lipinski definition) is 2. The van der Waals surface area contributed by atoms with E-state index in [9.17, 15) is 10.2 Å². The molecular formula is C22H19BrO2. The number of para-hydroxylation sites is 2. The molecule has 0 spiro atoms. The van der Waals surface area contributed by atoms with Crippen molar-refractivity contribution < 1.29 is 10.2 Å². The fourth-order valence-electron chi connectivity index (χ4n) is 3.04. The zero-order chi connectivity index (χ0) is 17.8. The van der Waals surface area contributed by atoms with Gasteiger partial charge in [-0.15, -0.1) is 0 Å². The van der Waals surface area contributed by atoms with E-state index in [-0.39, 0.29) is 11.5 Å². The van der Waals surface area contributed by atoms with Crippen LogP contribution in [0.15, 0.2) is 77.3 Å². The smallest absolute Gasteiger partial charge is 0.123 e. The summed E-state index contributed by atoms with van der Waals surface area (Å²) in [4.78, 5) is 0. The zero-order valence-electron chi connectivity index (χ0n) is 13.9. The lowest BCUT2D eigenvalue weighted by Crippen LogP contribution is -1.96. The molecule has 2 nitrogen and oxygen atoms in total. The first-order chi connectivity index (χ1) is 12.1. The van der Waals surface area contributed by atoms with Crippen LogP contribution in [0.2, 0.25) is 0 Å². The predicted molar refractivity (Wildman–Crippen MR) is 107 cm³/mol. The summed E-state index contributed by atoms with van der Waals surface area (Å²) in [6, 6.07) is 22.5. The molecule has 0 amide bonds. The molecule has 3 aromatic rings. The van der Waals surface area contributed by atoms with Gasteiger partial charge in [-0.1, -0.05) is 71.4 Å². The summed E-state index contributed by atoms with van der Waals surface area (Å²) in [5, 5.41) is 20.9. The van der Waals surface area contributed by atoms with Gasteiger partial charge in [0.25, 0.3) is 0 Å². The molecule has 0 unspecified atom stereocenters. The van der Waals surface area contributed by atoms with Crippen LogP contribution in [-0.2, 0) is 0 Å². The number of hydrogen-bond acceptors (Lipinski definition) is 2. The van der Waals surface area contributed by atoms with Gasteiger partial charge in [0.05, 0.1) is 0 Å². The van der Waals surface area contributed by atoms with Crippen LogP contribution in [0.5, 0.6) is 11.5 Å². The summed E-state index contributed by atoms with van der Waals surface area (Å²) in [5.74, 6) is 0.392. The molecule has 3 rings (SSSR count). The van der Waals surface area contributed by atoms with Gasteiger partial charge in [0, 0.05) is 21.2 Å². The Hall–Kier alpha value is -2.52. The molecule has 2 N–H and O–H groups in total. The van der Waals surface area contributed by atoms with Crippen molar-refractivity contribution in [1.82, 2.24) is 0 Å². The number of aromatic hydroxyl groups is 2. The number of benzene rings is 3. The quantitative estimate of drug-likeness (QED) is 0.514. The van der Waals surface area contributed by atoms with E-state index in [0.29, 0.717) is 11.1 Å². The monoisotopic (exact) mass is 394 g/mol. The maximum absolute atomic E-state index is 10.5. The first-order valence-corrected chi connectivity index (χ1v) is 8.97. The Morgan fingerprint density at radius 3 is 1.84 bits per heavy atom. The Morgan fingerprint density at radius 1 is 0.800 bits per heavy atom. The van der Waals surface area contributed by atoms with E-state index in [1.165, 1.54) is 0 Å². The standard InChI is InChI=1S/C22H19BrO2/c1-2-17(15-8-7-9-16(23)14-15)22(18-10-3-5-12-20(18)24)19-11-4-6-13-21(19)25/h3-14,24-25H,2H2,1H3. The van der Waals surface area contributed by atoms with E-state index in [0.717, 1.165) is 27.6 Å². The molecule has 0 saturated heterocycles. The molecule has 0 aliphatic carbocycles. The Labute approximate surface area is 156 Å². The molecule has 0 radical (unpaired) electrons. The van der Waals surface area contributed by atoms with Gasteiger partial charge in [0.1, 0.15) is 11.5 Å². The molecule has 0 aliphatic rings. The van der Waals surface area contributed by atoms with Crippen LogP contribution in [0.1, 0.15) is 30.0 Å². The summed E-state index contributed by atoms with van der Waals surface area (Å²) in [5.41, 5.74) is 4.38. The summed E-state index contributed by atoms with van der Waals surface area (Å²) >= 11 is 3.53. The van der Waals surface area contributed by atoms with E-state index in [1.807, 2.05) is 42.5 Å². The predicted octanol–water partition coefficient (Wildman–Crippen LogP) is 6.23. The molecule has 0 saturated carbocycles. The maximum atomic E-state index is 10.5. The van der Waals surface area contributed by atoms with Crippen LogP contribution >= 0.6 is 15.9 Å². The molecule has 0 atom stereocenters. The third-order valence-corrected chi connectivity index (χ3v) is 4.67. The molecule has 0 fully saturated rings. The molecule has 3 aromatic carbocycles. The van der Waals surface area contributed by atoms with Crippen LogP contribution in [0.3, 0.4) is 0 Å². The van der Waals surface area contributed by atoms with Crippen molar-refractivity contribution in [3.05, 3.63) is 94.0 Å². The summed E-state index contributed by atoms with van der Waals surface area (Å²) in [6.07, 6.45) is 0.758. The molecule has 126 valence electrons. The zero-order valence-corrected chi connectivity index (χ0v) is 15.5. The lowest BCUT2D eigenvalue weighted by Gasteiger charge is -2.18. The third-order valence-electron chi connectivity index (χ3n) is 4.18. The third kappa shape index (κ3) is 3.62. The van der Waals surface area contributed by atoms with Crippen molar-refractivity contribution in [2.45, 2.75) is 13.3 Å². The minimum atomic E-state index is 0.196. The average Bonchev–Trinajstić information content (AvgIpc) is 2.61. The first-order valence-electron chi connectivity index (χ1n) is 8.17. The average molecular weight is 395 g/mol. The van der Waals surface area contributed by atoms with Crippen LogP contribution in [0.4, 0.5) is 0 Å². The van der Waals surface area contributed by atoms with E-state index in [1.54, 1.807) is 24.3 Å². The van der Waals surface area contributed by atoms with Crippen molar-refractivity contribution in [1.29, 1.82) is 0 Å². The number of phenols is 2. The SMILES string of the molecule is CCC(=C(c1ccccc1O)c1ccccc1O)c1cccc(Br)c1. The van der Waals surface area contributed by atoms with Gasteiger partial charge in [-0.3, -0.25) is 0 Å². The van der Waals surface area contributed by atoms with Gasteiger partial charge in [-0.05, 0) is 41.8 Å². The van der Waals surface area contributed by atoms with E-state index in [4.69, 9.17) is 0 Å². The number of rotatable bonds is 4. The highest BCUT2D eigenvalue weighted by Crippen LogP contribution is 2.41. The largest absolute Gasteiger partial charge is 0.507 e. The number of phenolic OH excluding ortho intramolecular Hbond substituents is 2. The van der Waals surface area contributed by atoms with Crippen molar-refractivity contribution in [2.75, 3.05) is 0 Å². The van der Waals surface area contributed by atoms with Gasteiger partial charge >= 0.3 is 0 Å². The highest BCUT2D eigenvalue weighted by atomic mass is 79.9. The molecule has 0 aromatic heterocycles. The summed E-state index contributed by atoms with van der Waals surface area (Å²) < 4.78 is 0.991. The topological polar surface area (TPSA) is 40.5 Å². The highest BCUT2D eigenvalue weighted by molar-refractivity contribution is 9.10. The number of halogens is 1. The van der Waals surface area contributed by atoms with Gasteiger partial charge < -0.3 is 10.2 Å². The van der Waals surface area contributed by atoms with Gasteiger partial charge in [0.2, 0.25) is 0 Å². The van der Waals surface area contributed by atoms with E-state index >= 15 is 0 Å². The highest BCUT2D eigenvalue weighted by Gasteiger charge is 2.18. The minimum Gasteiger partial charge on any atom is -0.507 e. The maximum Gasteiger partial charge on any atom is 0.123 e. The molecule has 25 heavy (non-hydrogen) atoms. The van der Waals surface area contributed by atoms with Gasteiger partial charge in [-0.2, -0.15) is 0 Å². The van der Waals surface area contributed by atoms with E-state index < -0.39 is 0 Å².